The van der Waals surface area contributed by atoms with E-state index in [9.17, 15) is 13.2 Å². The fourth-order valence-electron chi connectivity index (χ4n) is 3.21. The van der Waals surface area contributed by atoms with Crippen molar-refractivity contribution in [3.63, 3.8) is 0 Å². The molecule has 162 valence electrons. The van der Waals surface area contributed by atoms with Crippen molar-refractivity contribution in [2.75, 3.05) is 11.8 Å². The highest BCUT2D eigenvalue weighted by Gasteiger charge is 2.18. The number of nitrogens with one attached hydrogen (secondary N) is 2. The van der Waals surface area contributed by atoms with E-state index in [1.807, 2.05) is 39.0 Å². The predicted molar refractivity (Wildman–Crippen MR) is 122 cm³/mol. The number of hydrogen-bond acceptors (Lipinski definition) is 4. The zero-order valence-electron chi connectivity index (χ0n) is 18.0. The first-order valence-electron chi connectivity index (χ1n) is 9.84. The van der Waals surface area contributed by atoms with Gasteiger partial charge in [0.15, 0.2) is 0 Å². The SMILES string of the molecule is COc1ccc(C)cc1C(C)NC(=O)c1cccc(NS(=O)(=O)c2ccc(C)cc2)c1. The van der Waals surface area contributed by atoms with Gasteiger partial charge in [-0.1, -0.05) is 41.5 Å². The number of aryl methyl sites for hydroxylation is 2. The fraction of sp³-hybridized carbons (Fsp3) is 0.208. The Morgan fingerprint density at radius 1 is 0.935 bits per heavy atom. The number of anilines is 1. The topological polar surface area (TPSA) is 84.5 Å². The van der Waals surface area contributed by atoms with Crippen molar-refractivity contribution in [3.8, 4) is 5.75 Å². The van der Waals surface area contributed by atoms with Crippen LogP contribution in [0.25, 0.3) is 0 Å². The van der Waals surface area contributed by atoms with Gasteiger partial charge in [-0.15, -0.1) is 0 Å². The number of hydrogen-bond donors (Lipinski definition) is 2. The molecule has 0 saturated carbocycles. The molecule has 0 aliphatic rings. The average Bonchev–Trinajstić information content (AvgIpc) is 2.73. The number of amides is 1. The number of carbonyl (C=O) groups excluding carboxylic acids is 1. The van der Waals surface area contributed by atoms with Crippen LogP contribution in [-0.4, -0.2) is 21.4 Å². The third-order valence-corrected chi connectivity index (χ3v) is 6.30. The Hall–Kier alpha value is -3.32. The molecule has 2 N–H and O–H groups in total. The summed E-state index contributed by atoms with van der Waals surface area (Å²) in [6.45, 7) is 5.74. The normalized spacial score (nSPS) is 12.1. The lowest BCUT2D eigenvalue weighted by Gasteiger charge is -2.18. The van der Waals surface area contributed by atoms with E-state index in [1.165, 1.54) is 6.07 Å². The van der Waals surface area contributed by atoms with Crippen molar-refractivity contribution in [2.24, 2.45) is 0 Å². The molecule has 1 amide bonds. The van der Waals surface area contributed by atoms with Crippen LogP contribution >= 0.6 is 0 Å². The molecule has 0 bridgehead atoms. The Morgan fingerprint density at radius 2 is 1.61 bits per heavy atom. The first-order chi connectivity index (χ1) is 14.7. The van der Waals surface area contributed by atoms with E-state index < -0.39 is 10.0 Å². The molecule has 1 atom stereocenters. The van der Waals surface area contributed by atoms with Crippen LogP contribution in [0.4, 0.5) is 5.69 Å². The van der Waals surface area contributed by atoms with E-state index in [2.05, 4.69) is 10.0 Å². The van der Waals surface area contributed by atoms with Gasteiger partial charge in [0, 0.05) is 16.8 Å². The molecule has 6 nitrogen and oxygen atoms in total. The highest BCUT2D eigenvalue weighted by Crippen LogP contribution is 2.26. The number of benzene rings is 3. The summed E-state index contributed by atoms with van der Waals surface area (Å²) in [5.41, 5.74) is 3.56. The number of methoxy groups -OCH3 is 1. The van der Waals surface area contributed by atoms with Crippen molar-refractivity contribution >= 4 is 21.6 Å². The van der Waals surface area contributed by atoms with Gasteiger partial charge in [-0.3, -0.25) is 9.52 Å². The summed E-state index contributed by atoms with van der Waals surface area (Å²) in [5.74, 6) is 0.380. The first kappa shape index (κ1) is 22.4. The van der Waals surface area contributed by atoms with Crippen molar-refractivity contribution in [3.05, 3.63) is 89.0 Å². The van der Waals surface area contributed by atoms with Gasteiger partial charge in [0.2, 0.25) is 0 Å². The van der Waals surface area contributed by atoms with Crippen molar-refractivity contribution in [1.29, 1.82) is 0 Å². The summed E-state index contributed by atoms with van der Waals surface area (Å²) < 4.78 is 33.2. The minimum absolute atomic E-state index is 0.160. The second kappa shape index (κ2) is 9.22. The largest absolute Gasteiger partial charge is 0.496 e. The van der Waals surface area contributed by atoms with Crippen LogP contribution in [0.5, 0.6) is 5.75 Å². The maximum Gasteiger partial charge on any atom is 0.261 e. The number of carbonyl (C=O) groups is 1. The van der Waals surface area contributed by atoms with Gasteiger partial charge in [0.1, 0.15) is 5.75 Å². The van der Waals surface area contributed by atoms with Crippen molar-refractivity contribution < 1.29 is 17.9 Å². The van der Waals surface area contributed by atoms with Gasteiger partial charge < -0.3 is 10.1 Å². The first-order valence-corrected chi connectivity index (χ1v) is 11.3. The molecule has 0 spiro atoms. The van der Waals surface area contributed by atoms with E-state index >= 15 is 0 Å². The molecule has 1 unspecified atom stereocenters. The summed E-state index contributed by atoms with van der Waals surface area (Å²) in [7, 11) is -2.16. The molecular weight excluding hydrogens is 412 g/mol. The van der Waals surface area contributed by atoms with Crippen LogP contribution in [0.3, 0.4) is 0 Å². The van der Waals surface area contributed by atoms with Crippen LogP contribution in [0.2, 0.25) is 0 Å². The average molecular weight is 439 g/mol. The van der Waals surface area contributed by atoms with Crippen LogP contribution in [0.15, 0.2) is 71.6 Å². The third-order valence-electron chi connectivity index (χ3n) is 4.91. The Morgan fingerprint density at radius 3 is 2.29 bits per heavy atom. The zero-order valence-corrected chi connectivity index (χ0v) is 18.8. The number of sulfonamides is 1. The maximum absolute atomic E-state index is 12.8. The molecular formula is C24H26N2O4S. The number of ether oxygens (including phenoxy) is 1. The second-order valence-corrected chi connectivity index (χ2v) is 9.12. The van der Waals surface area contributed by atoms with Crippen LogP contribution in [0, 0.1) is 13.8 Å². The van der Waals surface area contributed by atoms with Gasteiger partial charge in [0.25, 0.3) is 15.9 Å². The molecule has 0 radical (unpaired) electrons. The molecule has 0 aromatic heterocycles. The monoisotopic (exact) mass is 438 g/mol. The van der Waals surface area contributed by atoms with Gasteiger partial charge in [-0.25, -0.2) is 8.42 Å². The van der Waals surface area contributed by atoms with Gasteiger partial charge in [-0.2, -0.15) is 0 Å². The van der Waals surface area contributed by atoms with Crippen molar-refractivity contribution in [1.82, 2.24) is 5.32 Å². The standard InChI is InChI=1S/C24H26N2O4S/c1-16-8-11-21(12-9-16)31(28,29)26-20-7-5-6-19(15-20)24(27)25-18(3)22-14-17(2)10-13-23(22)30-4/h5-15,18,26H,1-4H3,(H,25,27). The minimum atomic E-state index is -3.75. The molecule has 3 rings (SSSR count). The molecule has 0 heterocycles. The van der Waals surface area contributed by atoms with E-state index in [-0.39, 0.29) is 16.8 Å². The summed E-state index contributed by atoms with van der Waals surface area (Å²) in [5, 5.41) is 2.95. The summed E-state index contributed by atoms with van der Waals surface area (Å²) in [6, 6.07) is 18.4. The molecule has 31 heavy (non-hydrogen) atoms. The summed E-state index contributed by atoms with van der Waals surface area (Å²) >= 11 is 0. The van der Waals surface area contributed by atoms with Gasteiger partial charge >= 0.3 is 0 Å². The Bertz CT molecular complexity index is 1190. The highest BCUT2D eigenvalue weighted by atomic mass is 32.2. The number of rotatable bonds is 7. The molecule has 0 aliphatic heterocycles. The fourth-order valence-corrected chi connectivity index (χ4v) is 4.25. The highest BCUT2D eigenvalue weighted by molar-refractivity contribution is 7.92. The van der Waals surface area contributed by atoms with Crippen LogP contribution < -0.4 is 14.8 Å². The molecule has 7 heteroatoms. The lowest BCUT2D eigenvalue weighted by Crippen LogP contribution is -2.27. The Balaban J connectivity index is 1.77. The quantitative estimate of drug-likeness (QED) is 0.564. The molecule has 3 aromatic rings. The summed E-state index contributed by atoms with van der Waals surface area (Å²) in [6.07, 6.45) is 0. The van der Waals surface area contributed by atoms with E-state index in [1.54, 1.807) is 49.6 Å². The Kier molecular flexibility index (Phi) is 6.65. The zero-order chi connectivity index (χ0) is 22.6. The molecule has 0 aliphatic carbocycles. The van der Waals surface area contributed by atoms with Crippen LogP contribution in [-0.2, 0) is 10.0 Å². The molecule has 0 saturated heterocycles. The van der Waals surface area contributed by atoms with Crippen molar-refractivity contribution in [2.45, 2.75) is 31.7 Å². The maximum atomic E-state index is 12.8. The van der Waals surface area contributed by atoms with E-state index in [0.29, 0.717) is 17.0 Å². The smallest absolute Gasteiger partial charge is 0.261 e. The van der Waals surface area contributed by atoms with E-state index in [0.717, 1.165) is 16.7 Å². The molecule has 3 aromatic carbocycles. The van der Waals surface area contributed by atoms with Crippen LogP contribution in [0.1, 0.15) is 40.0 Å². The lowest BCUT2D eigenvalue weighted by molar-refractivity contribution is 0.0939. The lowest BCUT2D eigenvalue weighted by atomic mass is 10.0. The summed E-state index contributed by atoms with van der Waals surface area (Å²) in [4.78, 5) is 13.0. The predicted octanol–water partition coefficient (Wildman–Crippen LogP) is 4.60. The minimum Gasteiger partial charge on any atom is -0.496 e. The second-order valence-electron chi connectivity index (χ2n) is 7.44. The van der Waals surface area contributed by atoms with Gasteiger partial charge in [0.05, 0.1) is 18.0 Å². The third kappa shape index (κ3) is 5.44. The van der Waals surface area contributed by atoms with Gasteiger partial charge in [-0.05, 0) is 57.2 Å². The molecule has 0 fully saturated rings. The Labute approximate surface area is 183 Å². The van der Waals surface area contributed by atoms with E-state index in [4.69, 9.17) is 4.74 Å².